The van der Waals surface area contributed by atoms with Crippen molar-refractivity contribution < 1.29 is 40.3 Å². The van der Waals surface area contributed by atoms with E-state index in [1.807, 2.05) is 0 Å². The molecule has 0 saturated carbocycles. The van der Waals surface area contributed by atoms with E-state index in [1.54, 1.807) is 0 Å². The lowest BCUT2D eigenvalue weighted by Gasteiger charge is -2.26. The molecule has 0 saturated heterocycles. The lowest BCUT2D eigenvalue weighted by molar-refractivity contribution is -0.348. The summed E-state index contributed by atoms with van der Waals surface area (Å²) in [7, 11) is 0. The minimum atomic E-state index is -6.54. The fourth-order valence-electron chi connectivity index (χ4n) is 2.15. The van der Waals surface area contributed by atoms with Gasteiger partial charge in [0, 0.05) is 0 Å². The third-order valence-corrected chi connectivity index (χ3v) is 3.74. The summed E-state index contributed by atoms with van der Waals surface area (Å²) in [6, 6.07) is 0. The van der Waals surface area contributed by atoms with Crippen LogP contribution in [0.2, 0.25) is 0 Å². The van der Waals surface area contributed by atoms with Crippen LogP contribution in [-0.4, -0.2) is 30.6 Å². The Kier molecular flexibility index (Phi) is 10.4. The highest BCUT2D eigenvalue weighted by atomic mass is 19.4. The summed E-state index contributed by atoms with van der Waals surface area (Å²) in [6.07, 6.45) is 2.56. The number of carbonyl (C=O) groups is 1. The number of rotatable bonds is 13. The molecule has 0 aliphatic heterocycles. The number of alkyl halides is 7. The van der Waals surface area contributed by atoms with Crippen molar-refractivity contribution in [3.8, 4) is 0 Å². The first-order chi connectivity index (χ1) is 11.5. The van der Waals surface area contributed by atoms with E-state index in [0.29, 0.717) is 6.42 Å². The molecular weight excluding hydrogens is 357 g/mol. The molecule has 0 aliphatic carbocycles. The predicted molar refractivity (Wildman–Crippen MR) is 78.8 cm³/mol. The number of carbonyl (C=O) groups excluding carboxylic acids is 1. The van der Waals surface area contributed by atoms with E-state index >= 15 is 0 Å². The molecule has 150 valence electrons. The zero-order chi connectivity index (χ0) is 19.6. The maximum absolute atomic E-state index is 12.9. The van der Waals surface area contributed by atoms with E-state index in [2.05, 4.69) is 11.7 Å². The number of esters is 1. The zero-order valence-corrected chi connectivity index (χ0v) is 14.2. The van der Waals surface area contributed by atoms with Crippen molar-refractivity contribution in [2.45, 2.75) is 89.2 Å². The van der Waals surface area contributed by atoms with Crippen molar-refractivity contribution >= 4 is 5.97 Å². The Labute approximate surface area is 143 Å². The van der Waals surface area contributed by atoms with Gasteiger partial charge in [-0.15, -0.1) is 0 Å². The molecule has 0 unspecified atom stereocenters. The molecule has 0 fully saturated rings. The maximum atomic E-state index is 12.9. The van der Waals surface area contributed by atoms with Crippen LogP contribution in [0.4, 0.5) is 30.7 Å². The van der Waals surface area contributed by atoms with Gasteiger partial charge in [0.05, 0.1) is 6.61 Å². The van der Waals surface area contributed by atoms with Crippen LogP contribution in [-0.2, 0) is 9.53 Å². The Hall–Kier alpha value is -1.02. The van der Waals surface area contributed by atoms with Crippen LogP contribution in [0.5, 0.6) is 0 Å². The van der Waals surface area contributed by atoms with Gasteiger partial charge in [0.1, 0.15) is 0 Å². The number of hydrogen-bond acceptors (Lipinski definition) is 2. The normalized spacial score (nSPS) is 13.1. The number of hydrogen-bond donors (Lipinski definition) is 0. The van der Waals surface area contributed by atoms with E-state index in [0.717, 1.165) is 38.5 Å². The molecule has 0 heterocycles. The summed E-state index contributed by atoms with van der Waals surface area (Å²) in [6.45, 7) is 1.51. The van der Waals surface area contributed by atoms with Crippen molar-refractivity contribution in [3.63, 3.8) is 0 Å². The van der Waals surface area contributed by atoms with E-state index in [-0.39, 0.29) is 6.42 Å². The molecule has 0 aromatic carbocycles. The number of halogens is 7. The Morgan fingerprint density at radius 1 is 0.720 bits per heavy atom. The van der Waals surface area contributed by atoms with Crippen LogP contribution >= 0.6 is 0 Å². The summed E-state index contributed by atoms with van der Waals surface area (Å²) in [5.41, 5.74) is 0. The van der Waals surface area contributed by atoms with Gasteiger partial charge in [-0.1, -0.05) is 64.7 Å². The molecule has 0 atom stereocenters. The van der Waals surface area contributed by atoms with E-state index < -0.39 is 30.6 Å². The third-order valence-electron chi connectivity index (χ3n) is 3.74. The second-order valence-corrected chi connectivity index (χ2v) is 5.96. The Balaban J connectivity index is 3.90. The average Bonchev–Trinajstić information content (AvgIpc) is 2.51. The van der Waals surface area contributed by atoms with Gasteiger partial charge < -0.3 is 4.74 Å². The van der Waals surface area contributed by atoms with Crippen LogP contribution in [0.3, 0.4) is 0 Å². The monoisotopic (exact) mass is 382 g/mol. The summed E-state index contributed by atoms with van der Waals surface area (Å²) in [5, 5.41) is 0. The molecule has 25 heavy (non-hydrogen) atoms. The first kappa shape index (κ1) is 24.0. The minimum Gasteiger partial charge on any atom is -0.461 e. The highest BCUT2D eigenvalue weighted by molar-refractivity contribution is 5.79. The molecule has 0 aromatic heterocycles. The molecular formula is C16H25F7O2. The molecule has 0 radical (unpaired) electrons. The van der Waals surface area contributed by atoms with Gasteiger partial charge in [-0.2, -0.15) is 30.7 Å². The molecule has 0 N–H and O–H groups in total. The lowest BCUT2D eigenvalue weighted by atomic mass is 10.1. The SMILES string of the molecule is CCCCCCCCCCCCOC(=O)C(F)(F)C(F)(F)C(F)(F)F. The molecule has 9 heteroatoms. The third kappa shape index (κ3) is 7.81. The fraction of sp³-hybridized carbons (Fsp3) is 0.938. The lowest BCUT2D eigenvalue weighted by Crippen LogP contribution is -2.56. The molecule has 0 aliphatic rings. The van der Waals surface area contributed by atoms with E-state index in [9.17, 15) is 35.5 Å². The van der Waals surface area contributed by atoms with Gasteiger partial charge in [-0.05, 0) is 6.42 Å². The van der Waals surface area contributed by atoms with Gasteiger partial charge in [0.25, 0.3) is 0 Å². The van der Waals surface area contributed by atoms with Crippen LogP contribution in [0.15, 0.2) is 0 Å². The highest BCUT2D eigenvalue weighted by Gasteiger charge is 2.77. The number of unbranched alkanes of at least 4 members (excludes halogenated alkanes) is 9. The second-order valence-electron chi connectivity index (χ2n) is 5.96. The Morgan fingerprint density at radius 2 is 1.12 bits per heavy atom. The molecule has 0 spiro atoms. The van der Waals surface area contributed by atoms with Crippen LogP contribution in [0, 0.1) is 0 Å². The minimum absolute atomic E-state index is 0.134. The number of ether oxygens (including phenoxy) is 1. The fourth-order valence-corrected chi connectivity index (χ4v) is 2.15. The summed E-state index contributed by atoms with van der Waals surface area (Å²) >= 11 is 0. The van der Waals surface area contributed by atoms with E-state index in [4.69, 9.17) is 0 Å². The molecule has 0 amide bonds. The molecule has 2 nitrogen and oxygen atoms in total. The van der Waals surface area contributed by atoms with Gasteiger partial charge in [-0.3, -0.25) is 0 Å². The first-order valence-corrected chi connectivity index (χ1v) is 8.48. The molecule has 0 bridgehead atoms. The topological polar surface area (TPSA) is 26.3 Å². The second kappa shape index (κ2) is 10.9. The van der Waals surface area contributed by atoms with Crippen LogP contribution < -0.4 is 0 Å². The summed E-state index contributed by atoms with van der Waals surface area (Å²) < 4.78 is 90.7. The zero-order valence-electron chi connectivity index (χ0n) is 14.2. The molecule has 0 rings (SSSR count). The highest BCUT2D eigenvalue weighted by Crippen LogP contribution is 2.46. The standard InChI is InChI=1S/C16H25F7O2/c1-2-3-4-5-6-7-8-9-10-11-12-25-13(24)14(17,18)15(19,20)16(21,22)23/h2-12H2,1H3. The Morgan fingerprint density at radius 3 is 1.52 bits per heavy atom. The van der Waals surface area contributed by atoms with Crippen molar-refractivity contribution in [3.05, 3.63) is 0 Å². The maximum Gasteiger partial charge on any atom is 0.460 e. The molecule has 0 aromatic rings. The van der Waals surface area contributed by atoms with E-state index in [1.165, 1.54) is 12.8 Å². The summed E-state index contributed by atoms with van der Waals surface area (Å²) in [5.74, 6) is -15.3. The van der Waals surface area contributed by atoms with Gasteiger partial charge in [0.15, 0.2) is 0 Å². The average molecular weight is 382 g/mol. The van der Waals surface area contributed by atoms with Crippen molar-refractivity contribution in [1.82, 2.24) is 0 Å². The van der Waals surface area contributed by atoms with Gasteiger partial charge in [0.2, 0.25) is 0 Å². The predicted octanol–water partition coefficient (Wildman–Crippen LogP) is 6.28. The van der Waals surface area contributed by atoms with Crippen LogP contribution in [0.25, 0.3) is 0 Å². The van der Waals surface area contributed by atoms with Crippen LogP contribution in [0.1, 0.15) is 71.1 Å². The largest absolute Gasteiger partial charge is 0.461 e. The van der Waals surface area contributed by atoms with Crippen molar-refractivity contribution in [2.24, 2.45) is 0 Å². The Bertz CT molecular complexity index is 381. The quantitative estimate of drug-likeness (QED) is 0.213. The summed E-state index contributed by atoms with van der Waals surface area (Å²) in [4.78, 5) is 10.9. The van der Waals surface area contributed by atoms with Gasteiger partial charge in [-0.25, -0.2) is 4.79 Å². The first-order valence-electron chi connectivity index (χ1n) is 8.48. The smallest absolute Gasteiger partial charge is 0.460 e. The van der Waals surface area contributed by atoms with Crippen molar-refractivity contribution in [1.29, 1.82) is 0 Å². The van der Waals surface area contributed by atoms with Gasteiger partial charge >= 0.3 is 24.0 Å². The van der Waals surface area contributed by atoms with Crippen molar-refractivity contribution in [2.75, 3.05) is 6.61 Å².